The number of hydrogen-bond acceptors (Lipinski definition) is 3. The van der Waals surface area contributed by atoms with Crippen LogP contribution < -0.4 is 5.32 Å². The van der Waals surface area contributed by atoms with Crippen molar-refractivity contribution in [3.05, 3.63) is 0 Å². The Morgan fingerprint density at radius 3 is 2.36 bits per heavy atom. The minimum absolute atomic E-state index is 0.388. The van der Waals surface area contributed by atoms with Crippen LogP contribution in [0, 0.1) is 5.92 Å². The number of rotatable bonds is 2. The van der Waals surface area contributed by atoms with E-state index in [1.807, 2.05) is 7.05 Å². The van der Waals surface area contributed by atoms with Crippen LogP contribution in [-0.2, 0) is 9.84 Å². The van der Waals surface area contributed by atoms with Gasteiger partial charge in [-0.3, -0.25) is 0 Å². The van der Waals surface area contributed by atoms with Crippen molar-refractivity contribution >= 4 is 9.84 Å². The zero-order valence-electron chi connectivity index (χ0n) is 6.84. The van der Waals surface area contributed by atoms with Crippen LogP contribution in [0.3, 0.4) is 0 Å². The molecule has 0 aliphatic carbocycles. The van der Waals surface area contributed by atoms with Crippen molar-refractivity contribution in [3.8, 4) is 0 Å². The van der Waals surface area contributed by atoms with Crippen LogP contribution in [0.15, 0.2) is 0 Å². The molecule has 1 fully saturated rings. The van der Waals surface area contributed by atoms with Gasteiger partial charge in [0.1, 0.15) is 9.84 Å². The Morgan fingerprint density at radius 2 is 1.91 bits per heavy atom. The van der Waals surface area contributed by atoms with Gasteiger partial charge in [0, 0.05) is 0 Å². The monoisotopic (exact) mass is 177 g/mol. The van der Waals surface area contributed by atoms with Gasteiger partial charge >= 0.3 is 0 Å². The summed E-state index contributed by atoms with van der Waals surface area (Å²) >= 11 is 0. The second kappa shape index (κ2) is 3.54. The van der Waals surface area contributed by atoms with Crippen molar-refractivity contribution < 1.29 is 8.42 Å². The quantitative estimate of drug-likeness (QED) is 0.647. The first-order chi connectivity index (χ1) is 5.14. The predicted octanol–water partition coefficient (Wildman–Crippen LogP) is 0.0306. The fourth-order valence-electron chi connectivity index (χ4n) is 1.43. The number of nitrogens with one attached hydrogen (secondary N) is 1. The van der Waals surface area contributed by atoms with Crippen molar-refractivity contribution in [2.75, 3.05) is 25.1 Å². The van der Waals surface area contributed by atoms with Crippen LogP contribution in [0.5, 0.6) is 0 Å². The average Bonchev–Trinajstić information content (AvgIpc) is 1.94. The van der Waals surface area contributed by atoms with Gasteiger partial charge in [-0.2, -0.15) is 0 Å². The van der Waals surface area contributed by atoms with Crippen LogP contribution in [-0.4, -0.2) is 33.5 Å². The molecule has 0 atom stereocenters. The third-order valence-corrected chi connectivity index (χ3v) is 3.88. The zero-order chi connectivity index (χ0) is 8.32. The third kappa shape index (κ3) is 2.79. The Balaban J connectivity index is 2.36. The first-order valence-electron chi connectivity index (χ1n) is 3.99. The lowest BCUT2D eigenvalue weighted by Gasteiger charge is -2.20. The number of hydrogen-bond donors (Lipinski definition) is 1. The summed E-state index contributed by atoms with van der Waals surface area (Å²) in [6.45, 7) is 0.954. The highest BCUT2D eigenvalue weighted by Gasteiger charge is 2.22. The largest absolute Gasteiger partial charge is 0.319 e. The maximum atomic E-state index is 11.0. The molecule has 4 heteroatoms. The summed E-state index contributed by atoms with van der Waals surface area (Å²) in [5.41, 5.74) is 0. The molecule has 0 aromatic carbocycles. The Bertz CT molecular complexity index is 196. The molecular weight excluding hydrogens is 162 g/mol. The summed E-state index contributed by atoms with van der Waals surface area (Å²) in [6.07, 6.45) is 1.67. The third-order valence-electron chi connectivity index (χ3n) is 2.17. The first-order valence-corrected chi connectivity index (χ1v) is 5.81. The van der Waals surface area contributed by atoms with Crippen molar-refractivity contribution in [2.45, 2.75) is 12.8 Å². The van der Waals surface area contributed by atoms with Gasteiger partial charge in [0.2, 0.25) is 0 Å². The van der Waals surface area contributed by atoms with E-state index in [9.17, 15) is 8.42 Å². The van der Waals surface area contributed by atoms with E-state index >= 15 is 0 Å². The van der Waals surface area contributed by atoms with E-state index in [-0.39, 0.29) is 0 Å². The predicted molar refractivity (Wildman–Crippen MR) is 45.3 cm³/mol. The molecule has 0 aromatic heterocycles. The molecule has 0 aromatic rings. The van der Waals surface area contributed by atoms with E-state index in [0.717, 1.165) is 19.4 Å². The van der Waals surface area contributed by atoms with Crippen LogP contribution in [0.1, 0.15) is 12.8 Å². The highest BCUT2D eigenvalue weighted by atomic mass is 32.2. The molecule has 0 bridgehead atoms. The molecule has 1 heterocycles. The molecule has 66 valence electrons. The minimum atomic E-state index is -2.66. The molecule has 1 N–H and O–H groups in total. The van der Waals surface area contributed by atoms with Gasteiger partial charge in [0.25, 0.3) is 0 Å². The molecular formula is C7H15NO2S. The highest BCUT2D eigenvalue weighted by molar-refractivity contribution is 7.91. The Kier molecular flexibility index (Phi) is 2.90. The molecule has 0 spiro atoms. The van der Waals surface area contributed by atoms with Crippen LogP contribution in [0.25, 0.3) is 0 Å². The summed E-state index contributed by atoms with van der Waals surface area (Å²) in [5.74, 6) is 1.35. The molecule has 1 aliphatic rings. The van der Waals surface area contributed by atoms with Gasteiger partial charge in [-0.05, 0) is 32.4 Å². The fraction of sp³-hybridized carbons (Fsp3) is 1.00. The summed E-state index contributed by atoms with van der Waals surface area (Å²) in [6, 6.07) is 0. The molecule has 0 amide bonds. The minimum Gasteiger partial charge on any atom is -0.319 e. The summed E-state index contributed by atoms with van der Waals surface area (Å²) in [7, 11) is -0.756. The summed E-state index contributed by atoms with van der Waals surface area (Å²) in [4.78, 5) is 0. The van der Waals surface area contributed by atoms with Crippen molar-refractivity contribution in [3.63, 3.8) is 0 Å². The van der Waals surface area contributed by atoms with Crippen molar-refractivity contribution in [2.24, 2.45) is 5.92 Å². The van der Waals surface area contributed by atoms with Gasteiger partial charge < -0.3 is 5.32 Å². The van der Waals surface area contributed by atoms with Crippen molar-refractivity contribution in [1.29, 1.82) is 0 Å². The second-order valence-electron chi connectivity index (χ2n) is 3.15. The van der Waals surface area contributed by atoms with Gasteiger partial charge in [-0.1, -0.05) is 0 Å². The first kappa shape index (κ1) is 9.00. The van der Waals surface area contributed by atoms with E-state index in [2.05, 4.69) is 5.32 Å². The average molecular weight is 177 g/mol. The smallest absolute Gasteiger partial charge is 0.150 e. The lowest BCUT2D eigenvalue weighted by atomic mass is 10.0. The summed E-state index contributed by atoms with van der Waals surface area (Å²) in [5, 5.41) is 3.07. The number of sulfone groups is 1. The van der Waals surface area contributed by atoms with Gasteiger partial charge in [-0.25, -0.2) is 8.42 Å². The van der Waals surface area contributed by atoms with Gasteiger partial charge in [0.05, 0.1) is 11.5 Å². The SMILES string of the molecule is CNCC1CCS(=O)(=O)CC1. The molecule has 11 heavy (non-hydrogen) atoms. The van der Waals surface area contributed by atoms with E-state index in [1.165, 1.54) is 0 Å². The van der Waals surface area contributed by atoms with Crippen LogP contribution >= 0.6 is 0 Å². The second-order valence-corrected chi connectivity index (χ2v) is 5.46. The van der Waals surface area contributed by atoms with Crippen LogP contribution in [0.4, 0.5) is 0 Å². The maximum absolute atomic E-state index is 11.0. The molecule has 0 radical (unpaired) electrons. The van der Waals surface area contributed by atoms with Crippen LogP contribution in [0.2, 0.25) is 0 Å². The fourth-order valence-corrected chi connectivity index (χ4v) is 3.02. The van der Waals surface area contributed by atoms with Gasteiger partial charge in [-0.15, -0.1) is 0 Å². The van der Waals surface area contributed by atoms with Crippen molar-refractivity contribution in [1.82, 2.24) is 5.32 Å². The Labute approximate surface area is 68.1 Å². The molecule has 1 rings (SSSR count). The highest BCUT2D eigenvalue weighted by Crippen LogP contribution is 2.17. The van der Waals surface area contributed by atoms with E-state index in [4.69, 9.17) is 0 Å². The topological polar surface area (TPSA) is 46.2 Å². The molecule has 3 nitrogen and oxygen atoms in total. The molecule has 1 aliphatic heterocycles. The van der Waals surface area contributed by atoms with E-state index in [1.54, 1.807) is 0 Å². The standard InChI is InChI=1S/C7H15NO2S/c1-8-6-7-2-4-11(9,10)5-3-7/h7-8H,2-6H2,1H3. The Morgan fingerprint density at radius 1 is 1.36 bits per heavy atom. The Hall–Kier alpha value is -0.0900. The van der Waals surface area contributed by atoms with Gasteiger partial charge in [0.15, 0.2) is 0 Å². The van der Waals surface area contributed by atoms with E-state index in [0.29, 0.717) is 17.4 Å². The molecule has 1 saturated heterocycles. The van der Waals surface area contributed by atoms with E-state index < -0.39 is 9.84 Å². The zero-order valence-corrected chi connectivity index (χ0v) is 7.65. The molecule has 0 saturated carbocycles. The normalized spacial score (nSPS) is 25.2. The summed E-state index contributed by atoms with van der Waals surface area (Å²) < 4.78 is 22.0. The maximum Gasteiger partial charge on any atom is 0.150 e. The lowest BCUT2D eigenvalue weighted by molar-refractivity contribution is 0.448. The lowest BCUT2D eigenvalue weighted by Crippen LogP contribution is -2.29. The molecule has 0 unspecified atom stereocenters.